The molecule has 1 atom stereocenters. The lowest BCUT2D eigenvalue weighted by Crippen LogP contribution is -2.25. The fourth-order valence-corrected chi connectivity index (χ4v) is 2.69. The van der Waals surface area contributed by atoms with Gasteiger partial charge in [0.25, 0.3) is 0 Å². The fourth-order valence-electron chi connectivity index (χ4n) is 1.98. The molecule has 2 aromatic rings. The maximum Gasteiger partial charge on any atom is 0.237 e. The summed E-state index contributed by atoms with van der Waals surface area (Å²) in [5.41, 5.74) is -0.0981. The van der Waals surface area contributed by atoms with E-state index in [1.54, 1.807) is 43.6 Å². The van der Waals surface area contributed by atoms with E-state index in [2.05, 4.69) is 15.3 Å². The van der Waals surface area contributed by atoms with Crippen LogP contribution in [0.3, 0.4) is 0 Å². The number of nitrogens with one attached hydrogen (secondary N) is 1. The molecule has 0 bridgehead atoms. The van der Waals surface area contributed by atoms with E-state index in [4.69, 9.17) is 27.9 Å². The number of nitrogens with zero attached hydrogens (tertiary/aromatic N) is 2. The van der Waals surface area contributed by atoms with Crippen LogP contribution in [0.1, 0.15) is 13.3 Å². The van der Waals surface area contributed by atoms with E-state index in [9.17, 15) is 4.79 Å². The highest BCUT2D eigenvalue weighted by molar-refractivity contribution is 6.53. The smallest absolute Gasteiger partial charge is 0.237 e. The Balaban J connectivity index is 1.64. The number of benzene rings is 1. The summed E-state index contributed by atoms with van der Waals surface area (Å²) >= 11 is 12.0. The van der Waals surface area contributed by atoms with E-state index >= 15 is 0 Å². The highest BCUT2D eigenvalue weighted by Crippen LogP contribution is 2.64. The fraction of sp³-hybridized carbons (Fsp3) is 0.267. The second-order valence-electron chi connectivity index (χ2n) is 5.34. The van der Waals surface area contributed by atoms with Gasteiger partial charge in [0.2, 0.25) is 11.8 Å². The molecular formula is C15H13Cl2N3O2. The highest BCUT2D eigenvalue weighted by Gasteiger charge is 2.67. The molecule has 22 heavy (non-hydrogen) atoms. The Morgan fingerprint density at radius 2 is 1.95 bits per heavy atom. The van der Waals surface area contributed by atoms with Gasteiger partial charge in [-0.05, 0) is 37.6 Å². The Labute approximate surface area is 137 Å². The maximum atomic E-state index is 12.2. The normalized spacial score (nSPS) is 22.0. The van der Waals surface area contributed by atoms with Gasteiger partial charge in [-0.25, -0.2) is 4.98 Å². The number of hydrogen-bond donors (Lipinski definition) is 1. The molecular weight excluding hydrogens is 325 g/mol. The molecule has 0 radical (unpaired) electrons. The van der Waals surface area contributed by atoms with Crippen molar-refractivity contribution >= 4 is 34.8 Å². The molecule has 1 unspecified atom stereocenters. The van der Waals surface area contributed by atoms with E-state index in [1.165, 1.54) is 6.20 Å². The molecule has 0 aliphatic heterocycles. The van der Waals surface area contributed by atoms with Gasteiger partial charge in [0.15, 0.2) is 0 Å². The van der Waals surface area contributed by atoms with Crippen molar-refractivity contribution in [3.63, 3.8) is 0 Å². The zero-order valence-electron chi connectivity index (χ0n) is 11.7. The molecule has 1 aliphatic carbocycles. The summed E-state index contributed by atoms with van der Waals surface area (Å²) in [5, 5.41) is 2.80. The van der Waals surface area contributed by atoms with Crippen molar-refractivity contribution in [2.45, 2.75) is 17.7 Å². The average molecular weight is 338 g/mol. The third kappa shape index (κ3) is 2.87. The number of hydrogen-bond acceptors (Lipinski definition) is 4. The van der Waals surface area contributed by atoms with Crippen LogP contribution >= 0.6 is 23.2 Å². The summed E-state index contributed by atoms with van der Waals surface area (Å²) in [6, 6.07) is 6.93. The Kier molecular flexibility index (Phi) is 3.70. The van der Waals surface area contributed by atoms with Crippen molar-refractivity contribution in [2.75, 3.05) is 5.32 Å². The molecule has 1 saturated carbocycles. The van der Waals surface area contributed by atoms with Gasteiger partial charge in [0.1, 0.15) is 10.1 Å². The Bertz CT molecular complexity index is 692. The van der Waals surface area contributed by atoms with E-state index in [1.807, 2.05) is 0 Å². The predicted molar refractivity (Wildman–Crippen MR) is 84.3 cm³/mol. The maximum absolute atomic E-state index is 12.2. The van der Waals surface area contributed by atoms with Crippen molar-refractivity contribution in [1.82, 2.24) is 9.97 Å². The van der Waals surface area contributed by atoms with E-state index in [0.717, 1.165) is 0 Å². The molecule has 1 fully saturated rings. The number of alkyl halides is 2. The molecule has 7 heteroatoms. The summed E-state index contributed by atoms with van der Waals surface area (Å²) in [6.45, 7) is 1.74. The standard InChI is InChI=1S/C15H13Cl2N3O2/c1-14(9-15(14,16)17)13(21)20-10-2-4-11(5-3-10)22-12-8-18-6-7-19-12/h2-8H,9H2,1H3,(H,20,21). The lowest BCUT2D eigenvalue weighted by atomic mass is 10.1. The number of carbonyl (C=O) groups excluding carboxylic acids is 1. The van der Waals surface area contributed by atoms with Crippen molar-refractivity contribution < 1.29 is 9.53 Å². The van der Waals surface area contributed by atoms with E-state index in [0.29, 0.717) is 23.7 Å². The van der Waals surface area contributed by atoms with E-state index < -0.39 is 9.75 Å². The Morgan fingerprint density at radius 3 is 2.50 bits per heavy atom. The molecule has 0 saturated heterocycles. The number of halogens is 2. The molecule has 1 amide bonds. The monoisotopic (exact) mass is 337 g/mol. The van der Waals surface area contributed by atoms with Gasteiger partial charge in [0, 0.05) is 18.1 Å². The van der Waals surface area contributed by atoms with Crippen LogP contribution in [0.2, 0.25) is 0 Å². The topological polar surface area (TPSA) is 64.1 Å². The van der Waals surface area contributed by atoms with Gasteiger partial charge in [-0.1, -0.05) is 0 Å². The van der Waals surface area contributed by atoms with Crippen LogP contribution in [0.5, 0.6) is 11.6 Å². The molecule has 1 heterocycles. The summed E-state index contributed by atoms with van der Waals surface area (Å²) < 4.78 is 4.54. The van der Waals surface area contributed by atoms with Crippen LogP contribution < -0.4 is 10.1 Å². The second-order valence-corrected chi connectivity index (χ2v) is 6.82. The predicted octanol–water partition coefficient (Wildman–Crippen LogP) is 3.79. The van der Waals surface area contributed by atoms with Gasteiger partial charge in [-0.15, -0.1) is 23.2 Å². The lowest BCUT2D eigenvalue weighted by molar-refractivity contribution is -0.120. The van der Waals surface area contributed by atoms with Crippen LogP contribution in [0.25, 0.3) is 0 Å². The summed E-state index contributed by atoms with van der Waals surface area (Å²) in [7, 11) is 0. The van der Waals surface area contributed by atoms with Crippen LogP contribution in [0, 0.1) is 5.41 Å². The first-order valence-electron chi connectivity index (χ1n) is 6.64. The molecule has 1 aliphatic rings. The first kappa shape index (κ1) is 15.1. The summed E-state index contributed by atoms with van der Waals surface area (Å²) in [4.78, 5) is 20.1. The first-order valence-corrected chi connectivity index (χ1v) is 7.39. The van der Waals surface area contributed by atoms with Crippen molar-refractivity contribution in [3.8, 4) is 11.6 Å². The lowest BCUT2D eigenvalue weighted by Gasteiger charge is -2.13. The number of anilines is 1. The third-order valence-electron chi connectivity index (χ3n) is 3.63. The number of carbonyl (C=O) groups is 1. The molecule has 3 rings (SSSR count). The van der Waals surface area contributed by atoms with Gasteiger partial charge in [-0.3, -0.25) is 9.78 Å². The SMILES string of the molecule is CC1(C(=O)Nc2ccc(Oc3cnccn3)cc2)CC1(Cl)Cl. The van der Waals surface area contributed by atoms with Crippen molar-refractivity contribution in [3.05, 3.63) is 42.9 Å². The Hall–Kier alpha value is -1.85. The molecule has 114 valence electrons. The molecule has 1 aromatic heterocycles. The van der Waals surface area contributed by atoms with Gasteiger partial charge < -0.3 is 10.1 Å². The summed E-state index contributed by atoms with van der Waals surface area (Å²) in [5.74, 6) is 0.805. The van der Waals surface area contributed by atoms with Gasteiger partial charge in [-0.2, -0.15) is 0 Å². The van der Waals surface area contributed by atoms with Crippen LogP contribution in [0.4, 0.5) is 5.69 Å². The third-order valence-corrected chi connectivity index (χ3v) is 4.73. The Morgan fingerprint density at radius 1 is 1.27 bits per heavy atom. The minimum absolute atomic E-state index is 0.194. The molecule has 5 nitrogen and oxygen atoms in total. The second kappa shape index (κ2) is 5.41. The number of ether oxygens (including phenoxy) is 1. The zero-order valence-corrected chi connectivity index (χ0v) is 13.2. The minimum atomic E-state index is -0.980. The minimum Gasteiger partial charge on any atom is -0.438 e. The first-order chi connectivity index (χ1) is 10.4. The molecule has 1 N–H and O–H groups in total. The van der Waals surface area contributed by atoms with Crippen LogP contribution in [0.15, 0.2) is 42.9 Å². The number of rotatable bonds is 4. The van der Waals surface area contributed by atoms with Crippen LogP contribution in [-0.4, -0.2) is 20.2 Å². The molecule has 0 spiro atoms. The zero-order chi connectivity index (χ0) is 15.8. The largest absolute Gasteiger partial charge is 0.438 e. The molecule has 1 aromatic carbocycles. The number of amides is 1. The number of aromatic nitrogens is 2. The summed E-state index contributed by atoms with van der Waals surface area (Å²) in [6.07, 6.45) is 5.08. The highest BCUT2D eigenvalue weighted by atomic mass is 35.5. The van der Waals surface area contributed by atoms with Crippen molar-refractivity contribution in [2.24, 2.45) is 5.41 Å². The van der Waals surface area contributed by atoms with Gasteiger partial charge >= 0.3 is 0 Å². The van der Waals surface area contributed by atoms with Crippen LogP contribution in [-0.2, 0) is 4.79 Å². The van der Waals surface area contributed by atoms with E-state index in [-0.39, 0.29) is 5.91 Å². The average Bonchev–Trinajstić information content (AvgIpc) is 3.02. The quantitative estimate of drug-likeness (QED) is 0.862. The van der Waals surface area contributed by atoms with Crippen molar-refractivity contribution in [1.29, 1.82) is 0 Å². The van der Waals surface area contributed by atoms with Gasteiger partial charge in [0.05, 0.1) is 11.6 Å².